The number of rotatable bonds is 12. The highest BCUT2D eigenvalue weighted by atomic mass is 32.2. The molecule has 1 aromatic heterocycles. The summed E-state index contributed by atoms with van der Waals surface area (Å²) in [5.41, 5.74) is 2.44. The van der Waals surface area contributed by atoms with Crippen LogP contribution < -0.4 is 14.8 Å². The van der Waals surface area contributed by atoms with Crippen LogP contribution in [0.3, 0.4) is 0 Å². The zero-order valence-electron chi connectivity index (χ0n) is 20.2. The molecule has 9 nitrogen and oxygen atoms in total. The Morgan fingerprint density at radius 2 is 1.76 bits per heavy atom. The number of carbonyl (C=O) groups is 1. The number of thioether (sulfide) groups is 1. The van der Waals surface area contributed by atoms with E-state index >= 15 is 0 Å². The Balaban J connectivity index is 1.20. The number of H-pyrrole nitrogens is 1. The van der Waals surface area contributed by atoms with Crippen LogP contribution in [0.4, 0.5) is 0 Å². The first-order valence-corrected chi connectivity index (χ1v) is 14.0. The first kappa shape index (κ1) is 26.4. The van der Waals surface area contributed by atoms with Gasteiger partial charge in [0.25, 0.3) is 5.91 Å². The van der Waals surface area contributed by atoms with Crippen LogP contribution in [0.2, 0.25) is 0 Å². The Bertz CT molecular complexity index is 1430. The summed E-state index contributed by atoms with van der Waals surface area (Å²) in [6, 6.07) is 23.5. The quantitative estimate of drug-likeness (QED) is 0.186. The third kappa shape index (κ3) is 7.66. The molecule has 0 saturated carbocycles. The standard InChI is InChI=1S/C26H27N5O4S2/c1-19-16-22(37(33,34)28-17-20-8-4-2-5-9-20)12-13-23(19)35-18-24(32)27-14-15-36-26-29-25(30-31-26)21-10-6-3-7-11-21/h2-13,16,28H,14-15,17-18H2,1H3,(H,27,32)(H,29,30,31). The molecule has 0 aliphatic rings. The Morgan fingerprint density at radius 1 is 1.03 bits per heavy atom. The fourth-order valence-corrected chi connectivity index (χ4v) is 5.13. The maximum absolute atomic E-state index is 12.6. The molecule has 0 radical (unpaired) electrons. The molecule has 0 fully saturated rings. The van der Waals surface area contributed by atoms with Crippen molar-refractivity contribution in [1.82, 2.24) is 25.2 Å². The number of aryl methyl sites for hydroxylation is 1. The minimum atomic E-state index is -3.68. The second kappa shape index (κ2) is 12.5. The van der Waals surface area contributed by atoms with Crippen LogP contribution in [0.5, 0.6) is 5.75 Å². The van der Waals surface area contributed by atoms with Crippen LogP contribution in [0, 0.1) is 6.92 Å². The first-order valence-electron chi connectivity index (χ1n) is 11.5. The number of hydrogen-bond donors (Lipinski definition) is 3. The van der Waals surface area contributed by atoms with Crippen LogP contribution in [-0.2, 0) is 21.4 Å². The number of amides is 1. The van der Waals surface area contributed by atoms with Crippen LogP contribution in [0.1, 0.15) is 11.1 Å². The van der Waals surface area contributed by atoms with Crippen molar-refractivity contribution in [2.45, 2.75) is 23.5 Å². The van der Waals surface area contributed by atoms with Crippen LogP contribution in [0.25, 0.3) is 11.4 Å². The molecule has 0 aliphatic carbocycles. The fourth-order valence-electron chi connectivity index (χ4n) is 3.37. The predicted molar refractivity (Wildman–Crippen MR) is 143 cm³/mol. The van der Waals surface area contributed by atoms with E-state index in [1.807, 2.05) is 60.7 Å². The van der Waals surface area contributed by atoms with Gasteiger partial charge in [0.1, 0.15) is 5.75 Å². The minimum Gasteiger partial charge on any atom is -0.484 e. The molecule has 0 aliphatic heterocycles. The van der Waals surface area contributed by atoms with E-state index in [0.717, 1.165) is 11.1 Å². The summed E-state index contributed by atoms with van der Waals surface area (Å²) < 4.78 is 33.5. The molecular formula is C26H27N5O4S2. The van der Waals surface area contributed by atoms with Gasteiger partial charge >= 0.3 is 0 Å². The van der Waals surface area contributed by atoms with E-state index in [2.05, 4.69) is 25.2 Å². The summed E-state index contributed by atoms with van der Waals surface area (Å²) in [6.45, 7) is 2.18. The number of ether oxygens (including phenoxy) is 1. The Kier molecular flexibility index (Phi) is 8.94. The van der Waals surface area contributed by atoms with Crippen molar-refractivity contribution in [1.29, 1.82) is 0 Å². The van der Waals surface area contributed by atoms with Crippen molar-refractivity contribution in [3.05, 3.63) is 90.0 Å². The summed E-state index contributed by atoms with van der Waals surface area (Å²) in [5, 5.41) is 10.5. The SMILES string of the molecule is Cc1cc(S(=O)(=O)NCc2ccccc2)ccc1OCC(=O)NCCSc1n[nH]c(-c2ccccc2)n1. The van der Waals surface area contributed by atoms with Crippen molar-refractivity contribution in [3.63, 3.8) is 0 Å². The van der Waals surface area contributed by atoms with Crippen molar-refractivity contribution in [2.75, 3.05) is 18.9 Å². The summed E-state index contributed by atoms with van der Waals surface area (Å²) in [6.07, 6.45) is 0. The third-order valence-corrected chi connectivity index (χ3v) is 7.54. The molecule has 1 amide bonds. The van der Waals surface area contributed by atoms with Crippen molar-refractivity contribution < 1.29 is 17.9 Å². The van der Waals surface area contributed by atoms with Gasteiger partial charge in [-0.3, -0.25) is 9.89 Å². The molecule has 0 atom stereocenters. The lowest BCUT2D eigenvalue weighted by Crippen LogP contribution is -2.30. The van der Waals surface area contributed by atoms with Gasteiger partial charge in [-0.1, -0.05) is 72.4 Å². The first-order chi connectivity index (χ1) is 17.9. The van der Waals surface area contributed by atoms with Crippen LogP contribution in [-0.4, -0.2) is 48.4 Å². The minimum absolute atomic E-state index is 0.136. The van der Waals surface area contributed by atoms with E-state index in [4.69, 9.17) is 4.74 Å². The molecule has 0 spiro atoms. The molecule has 192 valence electrons. The lowest BCUT2D eigenvalue weighted by molar-refractivity contribution is -0.122. The van der Waals surface area contributed by atoms with Gasteiger partial charge < -0.3 is 10.1 Å². The van der Waals surface area contributed by atoms with Gasteiger partial charge in [-0.25, -0.2) is 18.1 Å². The topological polar surface area (TPSA) is 126 Å². The highest BCUT2D eigenvalue weighted by molar-refractivity contribution is 7.99. The van der Waals surface area contributed by atoms with Gasteiger partial charge in [-0.15, -0.1) is 5.10 Å². The van der Waals surface area contributed by atoms with Gasteiger partial charge in [0, 0.05) is 24.4 Å². The number of hydrogen-bond acceptors (Lipinski definition) is 7. The van der Waals surface area contributed by atoms with Gasteiger partial charge in [-0.2, -0.15) is 0 Å². The summed E-state index contributed by atoms with van der Waals surface area (Å²) in [5.74, 6) is 1.46. The largest absolute Gasteiger partial charge is 0.484 e. The summed E-state index contributed by atoms with van der Waals surface area (Å²) in [4.78, 5) is 16.8. The lowest BCUT2D eigenvalue weighted by Gasteiger charge is -2.12. The highest BCUT2D eigenvalue weighted by Crippen LogP contribution is 2.22. The molecule has 4 aromatic rings. The number of sulfonamides is 1. The van der Waals surface area contributed by atoms with E-state index in [-0.39, 0.29) is 24.0 Å². The molecule has 37 heavy (non-hydrogen) atoms. The molecular weight excluding hydrogens is 510 g/mol. The zero-order chi connectivity index (χ0) is 26.1. The number of aromatic amines is 1. The smallest absolute Gasteiger partial charge is 0.257 e. The Morgan fingerprint density at radius 3 is 2.49 bits per heavy atom. The maximum atomic E-state index is 12.6. The second-order valence-corrected chi connectivity index (χ2v) is 10.9. The summed E-state index contributed by atoms with van der Waals surface area (Å²) >= 11 is 1.43. The average Bonchev–Trinajstić information content (AvgIpc) is 3.39. The number of aromatic nitrogens is 3. The van der Waals surface area contributed by atoms with Gasteiger partial charge in [-0.05, 0) is 36.2 Å². The van der Waals surface area contributed by atoms with E-state index in [1.54, 1.807) is 13.0 Å². The average molecular weight is 538 g/mol. The molecule has 1 heterocycles. The van der Waals surface area contributed by atoms with Crippen molar-refractivity contribution in [3.8, 4) is 17.1 Å². The third-order valence-electron chi connectivity index (χ3n) is 5.29. The maximum Gasteiger partial charge on any atom is 0.257 e. The Hall–Kier alpha value is -3.67. The molecule has 4 rings (SSSR count). The molecule has 0 bridgehead atoms. The number of carbonyl (C=O) groups excluding carboxylic acids is 1. The zero-order valence-corrected chi connectivity index (χ0v) is 21.8. The van der Waals surface area contributed by atoms with Crippen LogP contribution in [0.15, 0.2) is 88.9 Å². The van der Waals surface area contributed by atoms with Gasteiger partial charge in [0.05, 0.1) is 4.90 Å². The number of nitrogens with zero attached hydrogens (tertiary/aromatic N) is 2. The van der Waals surface area contributed by atoms with Gasteiger partial charge in [0.2, 0.25) is 15.2 Å². The molecule has 0 saturated heterocycles. The van der Waals surface area contributed by atoms with E-state index in [9.17, 15) is 13.2 Å². The lowest BCUT2D eigenvalue weighted by atomic mass is 10.2. The highest BCUT2D eigenvalue weighted by Gasteiger charge is 2.16. The van der Waals surface area contributed by atoms with Gasteiger partial charge in [0.15, 0.2) is 12.4 Å². The van der Waals surface area contributed by atoms with E-state index < -0.39 is 10.0 Å². The fraction of sp³-hybridized carbons (Fsp3) is 0.192. The van der Waals surface area contributed by atoms with Crippen LogP contribution >= 0.6 is 11.8 Å². The number of benzene rings is 3. The van der Waals surface area contributed by atoms with Crippen molar-refractivity contribution >= 4 is 27.7 Å². The normalized spacial score (nSPS) is 11.3. The molecule has 11 heteroatoms. The molecule has 3 N–H and O–H groups in total. The monoisotopic (exact) mass is 537 g/mol. The molecule has 0 unspecified atom stereocenters. The molecule has 3 aromatic carbocycles. The second-order valence-electron chi connectivity index (χ2n) is 8.06. The van der Waals surface area contributed by atoms with E-state index in [0.29, 0.717) is 34.6 Å². The predicted octanol–water partition coefficient (Wildman–Crippen LogP) is 3.55. The van der Waals surface area contributed by atoms with Crippen molar-refractivity contribution in [2.24, 2.45) is 0 Å². The van der Waals surface area contributed by atoms with E-state index in [1.165, 1.54) is 23.9 Å². The summed E-state index contributed by atoms with van der Waals surface area (Å²) in [7, 11) is -3.68. The number of nitrogens with one attached hydrogen (secondary N) is 3. The Labute approximate surface area is 220 Å².